The smallest absolute Gasteiger partial charge is 0.341 e. The van der Waals surface area contributed by atoms with E-state index < -0.39 is 0 Å². The maximum Gasteiger partial charge on any atom is 0.341 e. The fourth-order valence-corrected chi connectivity index (χ4v) is 4.56. The van der Waals surface area contributed by atoms with Crippen LogP contribution in [0.1, 0.15) is 53.1 Å². The Bertz CT molecular complexity index is 886. The number of rotatable bonds is 5. The molecule has 3 rings (SSSR count). The Morgan fingerprint density at radius 2 is 2.04 bits per heavy atom. The van der Waals surface area contributed by atoms with Gasteiger partial charge in [0.1, 0.15) is 5.00 Å². The fourth-order valence-electron chi connectivity index (χ4n) is 3.08. The molecule has 1 N–H and O–H groups in total. The Labute approximate surface area is 168 Å². The highest BCUT2D eigenvalue weighted by Crippen LogP contribution is 2.38. The molecule has 0 unspecified atom stereocenters. The Morgan fingerprint density at radius 3 is 2.78 bits per heavy atom. The topological polar surface area (TPSA) is 55.4 Å². The quantitative estimate of drug-likeness (QED) is 0.530. The highest BCUT2D eigenvalue weighted by atomic mass is 35.5. The van der Waals surface area contributed by atoms with Crippen LogP contribution in [0.3, 0.4) is 0 Å². The van der Waals surface area contributed by atoms with Gasteiger partial charge in [0.15, 0.2) is 0 Å². The van der Waals surface area contributed by atoms with E-state index in [1.54, 1.807) is 18.2 Å². The molecule has 1 aliphatic rings. The molecule has 142 valence electrons. The van der Waals surface area contributed by atoms with Crippen LogP contribution >= 0.6 is 22.9 Å². The number of esters is 1. The lowest BCUT2D eigenvalue weighted by atomic mass is 9.95. The van der Waals surface area contributed by atoms with E-state index in [0.717, 1.165) is 36.8 Å². The third-order valence-corrected chi connectivity index (χ3v) is 5.67. The summed E-state index contributed by atoms with van der Waals surface area (Å²) < 4.78 is 5.41. The van der Waals surface area contributed by atoms with Gasteiger partial charge in [0.05, 0.1) is 11.7 Å². The Balaban J connectivity index is 1.82. The first-order valence-corrected chi connectivity index (χ1v) is 10.2. The minimum Gasteiger partial charge on any atom is -0.459 e. The van der Waals surface area contributed by atoms with Crippen LogP contribution in [0.5, 0.6) is 0 Å². The average molecular weight is 404 g/mol. The van der Waals surface area contributed by atoms with Crippen LogP contribution in [0.2, 0.25) is 5.02 Å². The van der Waals surface area contributed by atoms with Crippen molar-refractivity contribution in [2.45, 2.75) is 45.6 Å². The first-order valence-electron chi connectivity index (χ1n) is 9.04. The van der Waals surface area contributed by atoms with Crippen molar-refractivity contribution in [1.82, 2.24) is 0 Å². The molecular formula is C21H22ClNO3S. The molecule has 0 saturated carbocycles. The number of benzene rings is 1. The summed E-state index contributed by atoms with van der Waals surface area (Å²) in [7, 11) is 0. The summed E-state index contributed by atoms with van der Waals surface area (Å²) in [5.74, 6) is -0.648. The number of hydrogen-bond donors (Lipinski definition) is 1. The summed E-state index contributed by atoms with van der Waals surface area (Å²) in [6.07, 6.45) is 6.88. The van der Waals surface area contributed by atoms with Gasteiger partial charge < -0.3 is 10.1 Å². The molecule has 27 heavy (non-hydrogen) atoms. The van der Waals surface area contributed by atoms with E-state index in [-0.39, 0.29) is 18.0 Å². The number of nitrogens with one attached hydrogen (secondary N) is 1. The lowest BCUT2D eigenvalue weighted by molar-refractivity contribution is -0.111. The van der Waals surface area contributed by atoms with Gasteiger partial charge in [0.25, 0.3) is 0 Å². The summed E-state index contributed by atoms with van der Waals surface area (Å²) in [6, 6.07) is 7.25. The van der Waals surface area contributed by atoms with Gasteiger partial charge in [-0.15, -0.1) is 11.3 Å². The molecule has 4 nitrogen and oxygen atoms in total. The molecular weight excluding hydrogens is 382 g/mol. The average Bonchev–Trinajstić information content (AvgIpc) is 2.97. The predicted octanol–water partition coefficient (Wildman–Crippen LogP) is 5.50. The number of thiophene rings is 1. The van der Waals surface area contributed by atoms with Crippen LogP contribution < -0.4 is 5.32 Å². The van der Waals surface area contributed by atoms with Gasteiger partial charge in [-0.25, -0.2) is 4.79 Å². The maximum absolute atomic E-state index is 12.6. The number of hydrogen-bond acceptors (Lipinski definition) is 4. The Kier molecular flexibility index (Phi) is 6.34. The highest BCUT2D eigenvalue weighted by molar-refractivity contribution is 7.17. The molecule has 0 saturated heterocycles. The van der Waals surface area contributed by atoms with Crippen LogP contribution in [0.4, 0.5) is 5.00 Å². The zero-order chi connectivity index (χ0) is 19.4. The van der Waals surface area contributed by atoms with Crippen molar-refractivity contribution >= 4 is 45.9 Å². The summed E-state index contributed by atoms with van der Waals surface area (Å²) >= 11 is 7.44. The third-order valence-electron chi connectivity index (χ3n) is 4.23. The minimum atomic E-state index is -0.362. The lowest BCUT2D eigenvalue weighted by Gasteiger charge is -2.14. The standard InChI is InChI=1S/C21H22ClNO3S/c1-13(2)26-21(25)19-16-8-3-4-9-17(16)27-20(19)23-18(24)11-10-14-6-5-7-15(22)12-14/h5-7,10-13H,3-4,8-9H2,1-2H3,(H,23,24)/b11-10+. The summed E-state index contributed by atoms with van der Waals surface area (Å²) in [5.41, 5.74) is 2.39. The van der Waals surface area contributed by atoms with Crippen molar-refractivity contribution in [1.29, 1.82) is 0 Å². The van der Waals surface area contributed by atoms with Gasteiger partial charge in [-0.05, 0) is 68.9 Å². The first-order chi connectivity index (χ1) is 12.9. The highest BCUT2D eigenvalue weighted by Gasteiger charge is 2.27. The largest absolute Gasteiger partial charge is 0.459 e. The van der Waals surface area contributed by atoms with E-state index in [0.29, 0.717) is 15.6 Å². The van der Waals surface area contributed by atoms with Gasteiger partial charge in [-0.1, -0.05) is 23.7 Å². The minimum absolute atomic E-state index is 0.206. The SMILES string of the molecule is CC(C)OC(=O)c1c(NC(=O)/C=C/c2cccc(Cl)c2)sc2c1CCCC2. The molecule has 0 aliphatic heterocycles. The van der Waals surface area contributed by atoms with Gasteiger partial charge in [0, 0.05) is 16.0 Å². The summed E-state index contributed by atoms with van der Waals surface area (Å²) in [5, 5.41) is 4.06. The van der Waals surface area contributed by atoms with E-state index in [9.17, 15) is 9.59 Å². The van der Waals surface area contributed by atoms with Crippen LogP contribution in [0, 0.1) is 0 Å². The first kappa shape index (κ1) is 19.6. The monoisotopic (exact) mass is 403 g/mol. The third kappa shape index (κ3) is 4.99. The van der Waals surface area contributed by atoms with E-state index in [2.05, 4.69) is 5.32 Å². The van der Waals surface area contributed by atoms with E-state index in [1.165, 1.54) is 22.3 Å². The van der Waals surface area contributed by atoms with Gasteiger partial charge in [-0.2, -0.15) is 0 Å². The van der Waals surface area contributed by atoms with Crippen molar-refractivity contribution in [3.63, 3.8) is 0 Å². The molecule has 1 amide bonds. The zero-order valence-electron chi connectivity index (χ0n) is 15.4. The Hall–Kier alpha value is -2.11. The second kappa shape index (κ2) is 8.72. The lowest BCUT2D eigenvalue weighted by Crippen LogP contribution is -2.17. The number of anilines is 1. The van der Waals surface area contributed by atoms with Crippen LogP contribution in [-0.2, 0) is 22.4 Å². The van der Waals surface area contributed by atoms with Crippen molar-refractivity contribution < 1.29 is 14.3 Å². The van der Waals surface area contributed by atoms with Crippen LogP contribution in [0.25, 0.3) is 6.08 Å². The molecule has 1 heterocycles. The van der Waals surface area contributed by atoms with Crippen molar-refractivity contribution in [2.75, 3.05) is 5.32 Å². The number of amides is 1. The van der Waals surface area contributed by atoms with Gasteiger partial charge >= 0.3 is 5.97 Å². The molecule has 0 radical (unpaired) electrons. The van der Waals surface area contributed by atoms with Gasteiger partial charge in [0.2, 0.25) is 5.91 Å². The number of halogens is 1. The van der Waals surface area contributed by atoms with Gasteiger partial charge in [-0.3, -0.25) is 4.79 Å². The van der Waals surface area contributed by atoms with Crippen LogP contribution in [0.15, 0.2) is 30.3 Å². The molecule has 6 heteroatoms. The second-order valence-corrected chi connectivity index (χ2v) is 8.29. The fraction of sp³-hybridized carbons (Fsp3) is 0.333. The molecule has 1 aromatic carbocycles. The molecule has 0 bridgehead atoms. The van der Waals surface area contributed by atoms with Crippen molar-refractivity contribution in [2.24, 2.45) is 0 Å². The Morgan fingerprint density at radius 1 is 1.26 bits per heavy atom. The maximum atomic E-state index is 12.6. The molecule has 0 atom stereocenters. The number of fused-ring (bicyclic) bond motifs is 1. The normalized spacial score (nSPS) is 13.6. The molecule has 0 fully saturated rings. The van der Waals surface area contributed by atoms with Crippen molar-refractivity contribution in [3.8, 4) is 0 Å². The van der Waals surface area contributed by atoms with Crippen molar-refractivity contribution in [3.05, 3.63) is 56.9 Å². The van der Waals surface area contributed by atoms with Crippen LogP contribution in [-0.4, -0.2) is 18.0 Å². The van der Waals surface area contributed by atoms with E-state index >= 15 is 0 Å². The predicted molar refractivity (Wildman–Crippen MR) is 111 cm³/mol. The second-order valence-electron chi connectivity index (χ2n) is 6.75. The summed E-state index contributed by atoms with van der Waals surface area (Å²) in [4.78, 5) is 26.2. The molecule has 1 aromatic heterocycles. The molecule has 0 spiro atoms. The zero-order valence-corrected chi connectivity index (χ0v) is 17.0. The number of carbonyl (C=O) groups is 2. The van der Waals surface area contributed by atoms with E-state index in [1.807, 2.05) is 26.0 Å². The van der Waals surface area contributed by atoms with E-state index in [4.69, 9.17) is 16.3 Å². The molecule has 1 aliphatic carbocycles. The summed E-state index contributed by atoms with van der Waals surface area (Å²) in [6.45, 7) is 3.64. The number of aryl methyl sites for hydroxylation is 1. The number of ether oxygens (including phenoxy) is 1. The number of carbonyl (C=O) groups excluding carboxylic acids is 2. The molecule has 2 aromatic rings.